The summed E-state index contributed by atoms with van der Waals surface area (Å²) in [5, 5.41) is 52.1. The fourth-order valence-corrected chi connectivity index (χ4v) is 20.1. The molecule has 0 aliphatic heterocycles. The summed E-state index contributed by atoms with van der Waals surface area (Å²) in [6.45, 7) is 7.62. The molecule has 0 saturated heterocycles. The van der Waals surface area contributed by atoms with Crippen molar-refractivity contribution in [1.29, 1.82) is 15.8 Å². The Labute approximate surface area is 844 Å². The number of ether oxygens (including phenoxy) is 4. The summed E-state index contributed by atoms with van der Waals surface area (Å²) in [5.74, 6) is 1.31. The number of rotatable bonds is 31. The van der Waals surface area contributed by atoms with Crippen LogP contribution in [0.3, 0.4) is 0 Å². The molecule has 33 heteroatoms. The summed E-state index contributed by atoms with van der Waals surface area (Å²) in [5.41, 5.74) is 11.5. The lowest BCUT2D eigenvalue weighted by Crippen LogP contribution is -2.32. The molecule has 18 aromatic rings. The van der Waals surface area contributed by atoms with Crippen LogP contribution in [0.5, 0.6) is 40.2 Å². The highest BCUT2D eigenvalue weighted by atomic mass is 32.2. The molecule has 0 unspecified atom stereocenters. The second-order valence-corrected chi connectivity index (χ2v) is 38.4. The molecule has 0 spiro atoms. The van der Waals surface area contributed by atoms with Crippen LogP contribution in [0.25, 0.3) is 33.4 Å². The van der Waals surface area contributed by atoms with Crippen molar-refractivity contribution in [3.05, 3.63) is 462 Å². The SMILES string of the molecule is C.C.C.Cc1cccc(-c2cc(F)c(S(=O)(=O)N(Cc3nncn3Cc3ccc(C#N)cc3)c3ccc(Oc4ccccc4)cc3)cc2F)c1.Cc1cccc(-c2ccc(S(=O)(=O)N(Cc3nncn3Cc3ccc(C#N)cc3)c3ccc(Oc4ccccc4)cc3)c(C)c2)c1.Cc1cccc(-c2ccc(S(=O)(=O)N(Cc3nncn3Cc3ccc(C#N)cc3)c3ccc(Oc4ccccc4)cc3)c(OC(F)(F)F)c2)c1. The molecule has 0 saturated carbocycles. The molecule has 3 heterocycles. The first kappa shape index (κ1) is 106. The highest BCUT2D eigenvalue weighted by molar-refractivity contribution is 7.93. The second kappa shape index (κ2) is 47.2. The number of hydrogen-bond donors (Lipinski definition) is 0. The van der Waals surface area contributed by atoms with Crippen LogP contribution in [0.4, 0.5) is 39.0 Å². The number of benzene rings is 15. The van der Waals surface area contributed by atoms with E-state index in [4.69, 9.17) is 30.0 Å². The van der Waals surface area contributed by atoms with Gasteiger partial charge in [-0.2, -0.15) is 15.8 Å². The molecule has 0 aliphatic carbocycles. The van der Waals surface area contributed by atoms with Gasteiger partial charge in [-0.25, -0.2) is 34.0 Å². The number of hydrogen-bond acceptors (Lipinski definition) is 19. The maximum atomic E-state index is 15.8. The maximum absolute atomic E-state index is 15.8. The van der Waals surface area contributed by atoms with Gasteiger partial charge in [0.25, 0.3) is 30.1 Å². The van der Waals surface area contributed by atoms with Crippen molar-refractivity contribution in [3.63, 3.8) is 0 Å². The molecular weight excluding hydrogens is 1920 g/mol. The van der Waals surface area contributed by atoms with Crippen molar-refractivity contribution < 1.29 is 66.2 Å². The number of para-hydroxylation sites is 3. The molecule has 0 aliphatic rings. The number of alkyl halides is 3. The summed E-state index contributed by atoms with van der Waals surface area (Å²) in [4.78, 5) is -1.32. The fraction of sp³-hybridized carbons (Fsp3) is 0.124. The number of halogens is 5. The number of nitriles is 3. The smallest absolute Gasteiger partial charge is 0.457 e. The topological polar surface area (TPSA) is 313 Å². The van der Waals surface area contributed by atoms with Gasteiger partial charge in [-0.05, 0) is 254 Å². The molecule has 18 rings (SSSR count). The van der Waals surface area contributed by atoms with Crippen LogP contribution in [0, 0.1) is 73.3 Å². The van der Waals surface area contributed by atoms with Crippen LogP contribution in [-0.4, -0.2) is 75.9 Å². The summed E-state index contributed by atoms with van der Waals surface area (Å²) in [6, 6.07) is 107. The lowest BCUT2D eigenvalue weighted by molar-refractivity contribution is -0.275. The Morgan fingerprint density at radius 2 is 0.630 bits per heavy atom. The Bertz CT molecular complexity index is 8060. The number of anilines is 3. The van der Waals surface area contributed by atoms with Gasteiger partial charge in [-0.1, -0.05) is 221 Å². The van der Waals surface area contributed by atoms with E-state index in [9.17, 15) is 38.4 Å². The Hall–Kier alpha value is -17.7. The van der Waals surface area contributed by atoms with E-state index in [0.29, 0.717) is 97.6 Å². The monoisotopic (exact) mass is 2020 g/mol. The predicted octanol–water partition coefficient (Wildman–Crippen LogP) is 25.5. The lowest BCUT2D eigenvalue weighted by Gasteiger charge is -2.26. The quantitative estimate of drug-likeness (QED) is 0.0364. The standard InChI is InChI=1S/C37H28F3N5O4S.C37H31N5O3S.C36H27F2N5O3S.3CH4/c1-26-6-5-7-29(20-26)30-14-19-35(34(21-30)49-37(38,39)40)50(46,47)45(31-15-17-33(18-16-31)48-32-8-3-2-4-9-32)24-36-43-42-25-44(36)23-28-12-10-27(22-41)11-13-28;1-27-7-6-8-31(21-27)32-15-20-36(28(2)22-32)46(43,44)42(33-16-18-35(19-17-33)45-34-9-4-3-5-10-34)25-37-40-39-26-41(37)24-30-13-11-29(23-38)12-14-30;1-25-6-5-7-28(18-25)32-19-34(38)35(20-33(32)37)47(44,45)43(29-14-16-31(17-15-29)46-30-8-3-2-4-9-30)23-36-41-40-24-42(36)22-27-12-10-26(21-39)11-13-27;;;/h2-21,25H,23-24H2,1H3;3-22,26H,24-25H2,1-2H3;2-20,24H,22-23H2,1H3;3*1H4. The second-order valence-electron chi connectivity index (χ2n) is 32.9. The van der Waals surface area contributed by atoms with Gasteiger partial charge in [0, 0.05) is 5.56 Å². The van der Waals surface area contributed by atoms with Crippen molar-refractivity contribution in [2.24, 2.45) is 0 Å². The average molecular weight is 2020 g/mol. The Balaban J connectivity index is 0.000000181. The molecule has 0 bridgehead atoms. The minimum atomic E-state index is -5.18. The van der Waals surface area contributed by atoms with Gasteiger partial charge in [0.15, 0.2) is 23.2 Å². The van der Waals surface area contributed by atoms with E-state index in [1.165, 1.54) is 47.3 Å². The number of sulfonamides is 3. The maximum Gasteiger partial charge on any atom is 0.573 e. The predicted molar refractivity (Wildman–Crippen MR) is 551 cm³/mol. The summed E-state index contributed by atoms with van der Waals surface area (Å²) >= 11 is 0. The third-order valence-corrected chi connectivity index (χ3v) is 28.2. The zero-order valence-corrected chi connectivity index (χ0v) is 79.4. The van der Waals surface area contributed by atoms with Gasteiger partial charge < -0.3 is 32.6 Å². The highest BCUT2D eigenvalue weighted by Crippen LogP contribution is 2.41. The first-order valence-corrected chi connectivity index (χ1v) is 48.7. The number of aromatic nitrogens is 9. The summed E-state index contributed by atoms with van der Waals surface area (Å²) in [6.07, 6.45) is -0.731. The van der Waals surface area contributed by atoms with E-state index in [-0.39, 0.29) is 81.9 Å². The van der Waals surface area contributed by atoms with E-state index < -0.39 is 70.2 Å². The van der Waals surface area contributed by atoms with E-state index >= 15 is 8.78 Å². The molecule has 0 N–H and O–H groups in total. The van der Waals surface area contributed by atoms with Crippen LogP contribution in [0.15, 0.2) is 392 Å². The molecule has 0 atom stereocenters. The van der Waals surface area contributed by atoms with Gasteiger partial charge in [0.1, 0.15) is 74.9 Å². The Morgan fingerprint density at radius 1 is 0.322 bits per heavy atom. The molecule has 738 valence electrons. The molecule has 3 aromatic heterocycles. The van der Waals surface area contributed by atoms with Gasteiger partial charge in [-0.15, -0.1) is 43.8 Å². The van der Waals surface area contributed by atoms with Gasteiger partial charge in [-0.3, -0.25) is 12.9 Å². The molecule has 0 fully saturated rings. The van der Waals surface area contributed by atoms with E-state index in [1.54, 1.807) is 204 Å². The van der Waals surface area contributed by atoms with Crippen LogP contribution in [-0.2, 0) is 69.3 Å². The van der Waals surface area contributed by atoms with Crippen molar-refractivity contribution >= 4 is 47.1 Å². The third-order valence-electron chi connectivity index (χ3n) is 22.7. The molecular formula is C113H98F5N15O10S3. The normalized spacial score (nSPS) is 11.1. The van der Waals surface area contributed by atoms with Crippen molar-refractivity contribution in [1.82, 2.24) is 44.3 Å². The molecule has 25 nitrogen and oxygen atoms in total. The van der Waals surface area contributed by atoms with Crippen molar-refractivity contribution in [2.75, 3.05) is 12.9 Å². The van der Waals surface area contributed by atoms with Crippen LogP contribution in [0.2, 0.25) is 0 Å². The van der Waals surface area contributed by atoms with Crippen LogP contribution in [0.1, 0.15) is 95.4 Å². The third kappa shape index (κ3) is 26.2. The number of nitrogens with zero attached hydrogens (tertiary/aromatic N) is 15. The zero-order valence-electron chi connectivity index (χ0n) is 76.9. The largest absolute Gasteiger partial charge is 0.573 e. The summed E-state index contributed by atoms with van der Waals surface area (Å²) < 4.78 is 190. The minimum Gasteiger partial charge on any atom is -0.457 e. The van der Waals surface area contributed by atoms with E-state index in [1.807, 2.05) is 141 Å². The summed E-state index contributed by atoms with van der Waals surface area (Å²) in [7, 11) is -13.5. The Morgan fingerprint density at radius 3 is 0.966 bits per heavy atom. The highest BCUT2D eigenvalue weighted by Gasteiger charge is 2.39. The van der Waals surface area contributed by atoms with Crippen molar-refractivity contribution in [3.8, 4) is 91.8 Å². The first-order valence-electron chi connectivity index (χ1n) is 44.3. The average Bonchev–Trinajstić information content (AvgIpc) is 0.935. The minimum absolute atomic E-state index is 0. The zero-order chi connectivity index (χ0) is 100. The molecule has 0 radical (unpaired) electrons. The lowest BCUT2D eigenvalue weighted by atomic mass is 10.0. The van der Waals surface area contributed by atoms with E-state index in [0.717, 1.165) is 71.3 Å². The molecule has 0 amide bonds. The first-order chi connectivity index (χ1) is 69.0. The fourth-order valence-electron chi connectivity index (χ4n) is 15.5. The van der Waals surface area contributed by atoms with Crippen LogP contribution < -0.4 is 31.9 Å². The molecule has 146 heavy (non-hydrogen) atoms. The van der Waals surface area contributed by atoms with Crippen molar-refractivity contribution in [2.45, 2.75) is 110 Å². The molecule has 15 aromatic carbocycles. The number of aryl methyl sites for hydroxylation is 4. The van der Waals surface area contributed by atoms with Crippen LogP contribution >= 0.6 is 0 Å². The van der Waals surface area contributed by atoms with Gasteiger partial charge >= 0.3 is 6.36 Å². The van der Waals surface area contributed by atoms with Gasteiger partial charge in [0.05, 0.1) is 96.1 Å². The van der Waals surface area contributed by atoms with Gasteiger partial charge in [0.2, 0.25) is 0 Å². The Kier molecular flexibility index (Phi) is 34.2. The van der Waals surface area contributed by atoms with E-state index in [2.05, 4.69) is 59.6 Å².